The van der Waals surface area contributed by atoms with Crippen LogP contribution in [0, 0.1) is 6.92 Å². The molecule has 8 heteroatoms. The molecular weight excluding hydrogens is 320 g/mol. The van der Waals surface area contributed by atoms with Crippen molar-refractivity contribution in [1.29, 1.82) is 0 Å². The van der Waals surface area contributed by atoms with Crippen LogP contribution < -0.4 is 10.6 Å². The Bertz CT molecular complexity index is 708. The number of hydrogen-bond donors (Lipinski definition) is 2. The predicted octanol–water partition coefficient (Wildman–Crippen LogP) is 1.55. The first-order chi connectivity index (χ1) is 12.2. The van der Waals surface area contributed by atoms with Crippen molar-refractivity contribution in [2.75, 3.05) is 13.1 Å². The standard InChI is InChI=1S/C17H26N6O2/c1-4-14-13(15(5-2)25-21-14)10-19-17(24)16-11(3)23(22-20-16)12-6-8-18-9-7-12/h12,18H,4-10H2,1-3H3,(H,19,24). The highest BCUT2D eigenvalue weighted by atomic mass is 16.5. The Hall–Kier alpha value is -2.22. The fraction of sp³-hybridized carbons (Fsp3) is 0.647. The minimum Gasteiger partial charge on any atom is -0.361 e. The topological polar surface area (TPSA) is 97.9 Å². The van der Waals surface area contributed by atoms with Gasteiger partial charge in [-0.15, -0.1) is 5.10 Å². The van der Waals surface area contributed by atoms with Gasteiger partial charge in [0.2, 0.25) is 0 Å². The molecule has 3 rings (SSSR count). The van der Waals surface area contributed by atoms with Gasteiger partial charge < -0.3 is 15.2 Å². The molecule has 2 aromatic rings. The molecule has 1 saturated heterocycles. The van der Waals surface area contributed by atoms with Gasteiger partial charge >= 0.3 is 0 Å². The van der Waals surface area contributed by atoms with Crippen molar-refractivity contribution in [2.24, 2.45) is 0 Å². The van der Waals surface area contributed by atoms with Gasteiger partial charge in [0.05, 0.1) is 17.4 Å². The van der Waals surface area contributed by atoms with Crippen molar-refractivity contribution < 1.29 is 9.32 Å². The molecule has 0 aromatic carbocycles. The predicted molar refractivity (Wildman–Crippen MR) is 92.3 cm³/mol. The summed E-state index contributed by atoms with van der Waals surface area (Å²) >= 11 is 0. The van der Waals surface area contributed by atoms with Gasteiger partial charge in [0.25, 0.3) is 5.91 Å². The molecule has 1 aliphatic rings. The highest BCUT2D eigenvalue weighted by Gasteiger charge is 2.23. The van der Waals surface area contributed by atoms with Gasteiger partial charge in [-0.25, -0.2) is 4.68 Å². The first-order valence-corrected chi connectivity index (χ1v) is 9.02. The molecule has 8 nitrogen and oxygen atoms in total. The van der Waals surface area contributed by atoms with Crippen LogP contribution in [0.25, 0.3) is 0 Å². The average molecular weight is 346 g/mol. The van der Waals surface area contributed by atoms with E-state index in [9.17, 15) is 4.79 Å². The van der Waals surface area contributed by atoms with Crippen LogP contribution in [0.3, 0.4) is 0 Å². The number of amides is 1. The minimum absolute atomic E-state index is 0.206. The Morgan fingerprint density at radius 3 is 2.76 bits per heavy atom. The molecule has 2 aromatic heterocycles. The Morgan fingerprint density at radius 2 is 2.08 bits per heavy atom. The molecule has 2 N–H and O–H groups in total. The van der Waals surface area contributed by atoms with Gasteiger partial charge in [-0.1, -0.05) is 24.2 Å². The summed E-state index contributed by atoms with van der Waals surface area (Å²) in [6, 6.07) is 0.312. The summed E-state index contributed by atoms with van der Waals surface area (Å²) < 4.78 is 7.23. The summed E-state index contributed by atoms with van der Waals surface area (Å²) in [6.07, 6.45) is 3.54. The zero-order chi connectivity index (χ0) is 17.8. The molecule has 3 heterocycles. The van der Waals surface area contributed by atoms with Gasteiger partial charge in [0.1, 0.15) is 5.76 Å². The number of aromatic nitrogens is 4. The Balaban J connectivity index is 1.70. The van der Waals surface area contributed by atoms with Crippen LogP contribution in [0.1, 0.15) is 65.9 Å². The summed E-state index contributed by atoms with van der Waals surface area (Å²) in [6.45, 7) is 8.29. The van der Waals surface area contributed by atoms with Crippen LogP contribution in [0.5, 0.6) is 0 Å². The third-order valence-corrected chi connectivity index (χ3v) is 4.83. The summed E-state index contributed by atoms with van der Waals surface area (Å²) in [7, 11) is 0. The van der Waals surface area contributed by atoms with E-state index in [-0.39, 0.29) is 5.91 Å². The molecule has 136 valence electrons. The Kier molecular flexibility index (Phi) is 5.47. The molecule has 0 unspecified atom stereocenters. The third kappa shape index (κ3) is 3.58. The van der Waals surface area contributed by atoms with Crippen molar-refractivity contribution >= 4 is 5.91 Å². The monoisotopic (exact) mass is 346 g/mol. The summed E-state index contributed by atoms with van der Waals surface area (Å²) in [5.41, 5.74) is 3.08. The second-order valence-electron chi connectivity index (χ2n) is 6.37. The fourth-order valence-corrected chi connectivity index (χ4v) is 3.34. The molecule has 0 bridgehead atoms. The maximum atomic E-state index is 12.6. The second-order valence-corrected chi connectivity index (χ2v) is 6.37. The Morgan fingerprint density at radius 1 is 1.32 bits per heavy atom. The molecule has 0 spiro atoms. The molecule has 1 aliphatic heterocycles. The van der Waals surface area contributed by atoms with Crippen molar-refractivity contribution in [3.05, 3.63) is 28.4 Å². The van der Waals surface area contributed by atoms with Gasteiger partial charge in [0, 0.05) is 18.5 Å². The van der Waals surface area contributed by atoms with E-state index in [1.807, 2.05) is 25.5 Å². The molecular formula is C17H26N6O2. The van der Waals surface area contributed by atoms with Crippen LogP contribution in [0.4, 0.5) is 0 Å². The number of nitrogens with one attached hydrogen (secondary N) is 2. The van der Waals surface area contributed by atoms with E-state index in [1.165, 1.54) is 0 Å². The normalized spacial score (nSPS) is 15.5. The SMILES string of the molecule is CCc1noc(CC)c1CNC(=O)c1nnn(C2CCNCC2)c1C. The quantitative estimate of drug-likeness (QED) is 0.824. The smallest absolute Gasteiger partial charge is 0.274 e. The van der Waals surface area contributed by atoms with Crippen molar-refractivity contribution in [3.63, 3.8) is 0 Å². The minimum atomic E-state index is -0.206. The van der Waals surface area contributed by atoms with Crippen LogP contribution in [-0.4, -0.2) is 39.1 Å². The zero-order valence-corrected chi connectivity index (χ0v) is 15.1. The molecule has 0 atom stereocenters. The van der Waals surface area contributed by atoms with Gasteiger partial charge in [-0.2, -0.15) is 0 Å². The van der Waals surface area contributed by atoms with E-state index >= 15 is 0 Å². The van der Waals surface area contributed by atoms with Crippen molar-refractivity contribution in [1.82, 2.24) is 30.8 Å². The number of piperidine rings is 1. The van der Waals surface area contributed by atoms with Crippen LogP contribution in [-0.2, 0) is 19.4 Å². The van der Waals surface area contributed by atoms with E-state index in [0.717, 1.165) is 61.5 Å². The largest absolute Gasteiger partial charge is 0.361 e. The van der Waals surface area contributed by atoms with Gasteiger partial charge in [-0.3, -0.25) is 4.79 Å². The van der Waals surface area contributed by atoms with Gasteiger partial charge in [-0.05, 0) is 39.3 Å². The lowest BCUT2D eigenvalue weighted by atomic mass is 10.1. The highest BCUT2D eigenvalue weighted by molar-refractivity contribution is 5.93. The summed E-state index contributed by atoms with van der Waals surface area (Å²) in [4.78, 5) is 12.6. The maximum absolute atomic E-state index is 12.6. The lowest BCUT2D eigenvalue weighted by Crippen LogP contribution is -2.30. The van der Waals surface area contributed by atoms with Crippen molar-refractivity contribution in [2.45, 2.75) is 59.0 Å². The third-order valence-electron chi connectivity index (χ3n) is 4.83. The van der Waals surface area contributed by atoms with Crippen LogP contribution >= 0.6 is 0 Å². The number of aryl methyl sites for hydroxylation is 2. The van der Waals surface area contributed by atoms with E-state index in [0.29, 0.717) is 18.3 Å². The van der Waals surface area contributed by atoms with E-state index in [1.54, 1.807) is 0 Å². The van der Waals surface area contributed by atoms with Gasteiger partial charge in [0.15, 0.2) is 5.69 Å². The molecule has 1 fully saturated rings. The molecule has 1 amide bonds. The zero-order valence-electron chi connectivity index (χ0n) is 15.1. The Labute approximate surface area is 147 Å². The molecule has 0 saturated carbocycles. The summed E-state index contributed by atoms with van der Waals surface area (Å²) in [5.74, 6) is 0.621. The first-order valence-electron chi connectivity index (χ1n) is 9.02. The van der Waals surface area contributed by atoms with Crippen LogP contribution in [0.15, 0.2) is 4.52 Å². The number of hydrogen-bond acceptors (Lipinski definition) is 6. The number of rotatable bonds is 6. The molecule has 0 aliphatic carbocycles. The van der Waals surface area contributed by atoms with Crippen molar-refractivity contribution in [3.8, 4) is 0 Å². The van der Waals surface area contributed by atoms with E-state index in [4.69, 9.17) is 4.52 Å². The maximum Gasteiger partial charge on any atom is 0.274 e. The lowest BCUT2D eigenvalue weighted by molar-refractivity contribution is 0.0945. The number of carbonyl (C=O) groups is 1. The average Bonchev–Trinajstić information content (AvgIpc) is 3.23. The molecule has 25 heavy (non-hydrogen) atoms. The summed E-state index contributed by atoms with van der Waals surface area (Å²) in [5, 5.41) is 18.7. The fourth-order valence-electron chi connectivity index (χ4n) is 3.34. The highest BCUT2D eigenvalue weighted by Crippen LogP contribution is 2.20. The lowest BCUT2D eigenvalue weighted by Gasteiger charge is -2.23. The van der Waals surface area contributed by atoms with E-state index in [2.05, 4.69) is 26.1 Å². The molecule has 0 radical (unpaired) electrons. The first kappa shape index (κ1) is 17.6. The van der Waals surface area contributed by atoms with Crippen LogP contribution in [0.2, 0.25) is 0 Å². The second kappa shape index (κ2) is 7.77. The number of carbonyl (C=O) groups excluding carboxylic acids is 1. The number of nitrogens with zero attached hydrogens (tertiary/aromatic N) is 4. The van der Waals surface area contributed by atoms with E-state index < -0.39 is 0 Å².